The molecule has 3 heterocycles. The number of pyridine rings is 1. The van der Waals surface area contributed by atoms with Crippen molar-refractivity contribution in [3.8, 4) is 34.5 Å². The average molecular weight is 910 g/mol. The number of hydrogen-bond donors (Lipinski definition) is 7. The second kappa shape index (κ2) is 20.7. The monoisotopic (exact) mass is 909 g/mol. The molecule has 67 heavy (non-hydrogen) atoms. The summed E-state index contributed by atoms with van der Waals surface area (Å²) < 4.78 is 11.6. The van der Waals surface area contributed by atoms with Crippen molar-refractivity contribution in [2.24, 2.45) is 17.8 Å². The number of likely N-dealkylation sites (N-methyl/N-ethyl adjacent to an activating group) is 1. The Morgan fingerprint density at radius 2 is 1.81 bits per heavy atom. The fourth-order valence-electron chi connectivity index (χ4n) is 11.3. The summed E-state index contributed by atoms with van der Waals surface area (Å²) in [5.74, 6) is -0.764. The van der Waals surface area contributed by atoms with E-state index in [1.807, 2.05) is 49.5 Å². The van der Waals surface area contributed by atoms with E-state index in [0.717, 1.165) is 64.5 Å². The Kier molecular flexibility index (Phi) is 14.6. The number of Topliss-reactive ketones (excluding diaryl/α,β-unsaturated/α-hetero) is 1. The maximum absolute atomic E-state index is 16.1. The number of carbonyl (C=O) groups is 1. The summed E-state index contributed by atoms with van der Waals surface area (Å²) in [6, 6.07) is 25.9. The molecule has 6 atom stereocenters. The van der Waals surface area contributed by atoms with Gasteiger partial charge in [-0.2, -0.15) is 11.9 Å². The van der Waals surface area contributed by atoms with Crippen molar-refractivity contribution in [3.63, 3.8) is 0 Å². The summed E-state index contributed by atoms with van der Waals surface area (Å²) in [7, 11) is 3.40. The highest BCUT2D eigenvalue weighted by molar-refractivity contribution is 5.93. The van der Waals surface area contributed by atoms with E-state index in [1.54, 1.807) is 48.8 Å². The van der Waals surface area contributed by atoms with Gasteiger partial charge in [0.05, 0.1) is 25.7 Å². The summed E-state index contributed by atoms with van der Waals surface area (Å²) in [6.45, 7) is 5.14. The lowest BCUT2D eigenvalue weighted by atomic mass is 9.58. The van der Waals surface area contributed by atoms with Gasteiger partial charge in [-0.1, -0.05) is 50.6 Å². The number of fused-ring (bicyclic) bond motifs is 6. The number of ketones is 1. The number of aliphatic hydroxyl groups is 1. The minimum Gasteiger partial charge on any atom is -0.668 e. The van der Waals surface area contributed by atoms with Crippen LogP contribution in [0.1, 0.15) is 105 Å². The lowest BCUT2D eigenvalue weighted by Crippen LogP contribution is -2.50. The number of anilines is 2. The maximum atomic E-state index is 16.1. The van der Waals surface area contributed by atoms with Crippen LogP contribution in [0.25, 0.3) is 10.8 Å². The molecule has 6 aromatic rings. The van der Waals surface area contributed by atoms with Gasteiger partial charge in [0.15, 0.2) is 23.0 Å². The molecule has 2 aromatic heterocycles. The summed E-state index contributed by atoms with van der Waals surface area (Å²) in [5.41, 5.74) is 4.29. The Balaban J connectivity index is 1.32. The minimum atomic E-state index is -1.09. The molecule has 1 aliphatic carbocycles. The molecule has 7 N–H and O–H groups in total. The fourth-order valence-corrected chi connectivity index (χ4v) is 11.3. The van der Waals surface area contributed by atoms with E-state index in [0.29, 0.717) is 61.9 Å². The number of aryl methyl sites for hydroxylation is 1. The first-order chi connectivity index (χ1) is 32.4. The number of methoxy groups -OCH3 is 1. The van der Waals surface area contributed by atoms with Crippen molar-refractivity contribution in [2.75, 3.05) is 32.6 Å². The number of benzene rings is 4. The zero-order valence-electron chi connectivity index (χ0n) is 39.0. The number of phenolic OH excluding ortho intramolecular Hbond substituents is 4. The quantitative estimate of drug-likeness (QED) is 0.0382. The van der Waals surface area contributed by atoms with Crippen molar-refractivity contribution >= 4 is 28.1 Å². The fraction of sp³-hybridized carbons (Fsp3) is 0.418. The van der Waals surface area contributed by atoms with Crippen molar-refractivity contribution < 1.29 is 39.8 Å². The zero-order valence-corrected chi connectivity index (χ0v) is 39.0. The van der Waals surface area contributed by atoms with Gasteiger partial charge in [0.2, 0.25) is 5.75 Å². The van der Waals surface area contributed by atoms with E-state index < -0.39 is 23.4 Å². The van der Waals surface area contributed by atoms with Crippen molar-refractivity contribution in [1.82, 2.24) is 15.3 Å². The number of nitrogens with zero attached hydrogens (tertiary/aromatic N) is 2. The lowest BCUT2D eigenvalue weighted by molar-refractivity contribution is -0.132. The van der Waals surface area contributed by atoms with Gasteiger partial charge in [-0.05, 0) is 170 Å². The number of phenols is 4. The summed E-state index contributed by atoms with van der Waals surface area (Å²) in [4.78, 5) is 25.7. The third-order valence-corrected chi connectivity index (χ3v) is 14.4. The molecule has 12 heteroatoms. The normalized spacial score (nSPS) is 21.3. The molecule has 1 fully saturated rings. The van der Waals surface area contributed by atoms with Crippen molar-refractivity contribution in [3.05, 3.63) is 125 Å². The standard InChI is InChI=1S/C55H65N4O8/c1-33(2)8-7-23-67-50-29-37(28-48(64)54(50)65)36-25-38(32-56-3)52-43-15-14-42(60)26-35(43)13-16-44(52)59-51-31-40(19-22-58-51)55(20-5-9-39(55)30-41-10-6-21-57-41)53(47(63)27-36)46(62)18-12-34-11-17-45(61)49(24-34)66-4/h6,10-11,13-17,19,21-22,24,26,28-29,31,33,36,38-39,46,53,56,60-62,64-65H,5,7-9,12,18,20,23,25,27,30,32H2,1-4H3,(H,58,59)/q-1. The first-order valence-corrected chi connectivity index (χ1v) is 23.8. The first-order valence-electron chi connectivity index (χ1n) is 23.8. The topological polar surface area (TPSA) is 188 Å². The number of aromatic hydroxyl groups is 4. The van der Waals surface area contributed by atoms with Gasteiger partial charge < -0.3 is 50.6 Å². The number of nitrogens with one attached hydrogen (secondary N) is 2. The van der Waals surface area contributed by atoms with E-state index in [1.165, 1.54) is 7.11 Å². The summed E-state index contributed by atoms with van der Waals surface area (Å²) >= 11 is 0. The second-order valence-corrected chi connectivity index (χ2v) is 19.2. The molecule has 354 valence electrons. The molecule has 2 bridgehead atoms. The highest BCUT2D eigenvalue weighted by Gasteiger charge is 2.54. The highest BCUT2D eigenvalue weighted by Crippen LogP contribution is 2.55. The van der Waals surface area contributed by atoms with Gasteiger partial charge in [-0.25, -0.2) is 4.98 Å². The lowest BCUT2D eigenvalue weighted by Gasteiger charge is -2.45. The van der Waals surface area contributed by atoms with Crippen LogP contribution in [-0.2, 0) is 23.1 Å². The predicted molar refractivity (Wildman–Crippen MR) is 261 cm³/mol. The van der Waals surface area contributed by atoms with Gasteiger partial charge >= 0.3 is 0 Å². The Labute approximate surface area is 393 Å². The molecule has 1 saturated carbocycles. The smallest absolute Gasteiger partial charge is 0.200 e. The van der Waals surface area contributed by atoms with Crippen LogP contribution in [0.5, 0.6) is 34.5 Å². The van der Waals surface area contributed by atoms with E-state index in [2.05, 4.69) is 30.5 Å². The van der Waals surface area contributed by atoms with Crippen LogP contribution in [0.2, 0.25) is 0 Å². The Morgan fingerprint density at radius 3 is 2.58 bits per heavy atom. The maximum Gasteiger partial charge on any atom is 0.200 e. The molecule has 0 amide bonds. The van der Waals surface area contributed by atoms with E-state index in [-0.39, 0.29) is 59.2 Å². The van der Waals surface area contributed by atoms with Crippen LogP contribution in [-0.4, -0.2) is 69.7 Å². The third-order valence-electron chi connectivity index (χ3n) is 14.4. The van der Waals surface area contributed by atoms with E-state index >= 15 is 4.79 Å². The van der Waals surface area contributed by atoms with Crippen LogP contribution in [0.3, 0.4) is 0 Å². The van der Waals surface area contributed by atoms with Gasteiger partial charge in [0, 0.05) is 30.3 Å². The van der Waals surface area contributed by atoms with Crippen molar-refractivity contribution in [2.45, 2.75) is 101 Å². The van der Waals surface area contributed by atoms with Crippen LogP contribution < -0.4 is 25.1 Å². The molecule has 1 aliphatic heterocycles. The number of rotatable bonds is 15. The SMILES string of the molecule is CNCC1CC(c2cc(O)c(O)c(OCCCC(C)C)c2)CC(=O)C(C(O)CCc2ccc(O)c(OC)c2)C2(CCCC2Cc2ccc[n-]2)c2ccnc(c2)Nc2ccc3cc(O)ccc3c21. The number of ether oxygens (including phenoxy) is 2. The van der Waals surface area contributed by atoms with Crippen LogP contribution in [0.4, 0.5) is 11.5 Å². The van der Waals surface area contributed by atoms with Crippen LogP contribution in [0.15, 0.2) is 97.3 Å². The van der Waals surface area contributed by atoms with Gasteiger partial charge in [-0.15, -0.1) is 0 Å². The molecular weight excluding hydrogens is 845 g/mol. The largest absolute Gasteiger partial charge is 0.668 e. The van der Waals surface area contributed by atoms with E-state index in [4.69, 9.17) is 19.4 Å². The second-order valence-electron chi connectivity index (χ2n) is 19.2. The molecule has 2 aliphatic rings. The first kappa shape index (κ1) is 47.3. The Bertz CT molecular complexity index is 2650. The summed E-state index contributed by atoms with van der Waals surface area (Å²) in [5, 5.41) is 65.4. The molecule has 0 radical (unpaired) electrons. The third kappa shape index (κ3) is 10.2. The van der Waals surface area contributed by atoms with Crippen LogP contribution >= 0.6 is 0 Å². The summed E-state index contributed by atoms with van der Waals surface area (Å²) in [6.07, 6.45) is 8.22. The molecule has 12 nitrogen and oxygen atoms in total. The van der Waals surface area contributed by atoms with E-state index in [9.17, 15) is 25.5 Å². The Hall–Kier alpha value is -6.24. The Morgan fingerprint density at radius 1 is 0.955 bits per heavy atom. The van der Waals surface area contributed by atoms with Gasteiger partial charge in [0.25, 0.3) is 0 Å². The molecule has 4 aromatic carbocycles. The zero-order chi connectivity index (χ0) is 47.2. The molecule has 1 spiro atoms. The molecule has 0 saturated heterocycles. The van der Waals surface area contributed by atoms with Crippen molar-refractivity contribution in [1.29, 1.82) is 0 Å². The van der Waals surface area contributed by atoms with Gasteiger partial charge in [0.1, 0.15) is 17.4 Å². The number of carbonyl (C=O) groups excluding carboxylic acids is 1. The van der Waals surface area contributed by atoms with Crippen LogP contribution in [0, 0.1) is 17.8 Å². The number of hydrogen-bond acceptors (Lipinski definition) is 11. The predicted octanol–water partition coefficient (Wildman–Crippen LogP) is 9.92. The highest BCUT2D eigenvalue weighted by atomic mass is 16.5. The molecular formula is C55H65N4O8-. The molecule has 8 rings (SSSR count). The number of aliphatic hydroxyl groups excluding tert-OH is 1. The number of aromatic nitrogens is 2. The molecule has 6 unspecified atom stereocenters. The minimum absolute atomic E-state index is 0.0152. The average Bonchev–Trinajstić information content (AvgIpc) is 3.99. The van der Waals surface area contributed by atoms with Gasteiger partial charge in [-0.3, -0.25) is 4.79 Å².